The second-order valence-corrected chi connectivity index (χ2v) is 7.60. The number of hydrogen-bond acceptors (Lipinski definition) is 4. The number of likely N-dealkylation sites (N-methyl/N-ethyl adjacent to an activating group) is 1. The fourth-order valence-electron chi connectivity index (χ4n) is 2.41. The van der Waals surface area contributed by atoms with Gasteiger partial charge in [-0.3, -0.25) is 10.1 Å². The summed E-state index contributed by atoms with van der Waals surface area (Å²) in [6.07, 6.45) is -0.558. The first-order valence-electron chi connectivity index (χ1n) is 9.19. The molecule has 0 aliphatic heterocycles. The zero-order valence-corrected chi connectivity index (χ0v) is 17.1. The molecule has 0 spiro atoms. The molecule has 0 saturated carbocycles. The predicted molar refractivity (Wildman–Crippen MR) is 110 cm³/mol. The van der Waals surface area contributed by atoms with Crippen LogP contribution >= 0.6 is 0 Å². The lowest BCUT2D eigenvalue weighted by molar-refractivity contribution is 0.0635. The number of rotatable bonds is 6. The van der Waals surface area contributed by atoms with Gasteiger partial charge in [-0.2, -0.15) is 0 Å². The van der Waals surface area contributed by atoms with E-state index in [-0.39, 0.29) is 5.91 Å². The van der Waals surface area contributed by atoms with Crippen LogP contribution in [0.1, 0.15) is 36.7 Å². The summed E-state index contributed by atoms with van der Waals surface area (Å²) in [6.45, 7) is 8.22. The zero-order chi connectivity index (χ0) is 20.7. The number of amides is 2. The van der Waals surface area contributed by atoms with Crippen molar-refractivity contribution in [1.29, 1.82) is 0 Å². The highest BCUT2D eigenvalue weighted by Crippen LogP contribution is 2.15. The lowest BCUT2D eigenvalue weighted by Gasteiger charge is -2.20. The van der Waals surface area contributed by atoms with E-state index in [4.69, 9.17) is 9.47 Å². The summed E-state index contributed by atoms with van der Waals surface area (Å²) >= 11 is 0. The summed E-state index contributed by atoms with van der Waals surface area (Å²) < 4.78 is 10.9. The van der Waals surface area contributed by atoms with Gasteiger partial charge in [-0.15, -0.1) is 0 Å². The van der Waals surface area contributed by atoms with E-state index in [1.165, 1.54) is 5.56 Å². The Hall–Kier alpha value is -3.02. The van der Waals surface area contributed by atoms with Crippen LogP contribution in [0.4, 0.5) is 10.5 Å². The van der Waals surface area contributed by atoms with E-state index >= 15 is 0 Å². The molecule has 0 atom stereocenters. The first-order chi connectivity index (χ1) is 13.1. The van der Waals surface area contributed by atoms with Gasteiger partial charge in [-0.05, 0) is 58.0 Å². The van der Waals surface area contributed by atoms with Gasteiger partial charge in [0.2, 0.25) is 0 Å². The Balaban J connectivity index is 1.90. The van der Waals surface area contributed by atoms with Gasteiger partial charge in [-0.25, -0.2) is 4.79 Å². The summed E-state index contributed by atoms with van der Waals surface area (Å²) in [5, 5.41) is 2.65. The Labute approximate surface area is 166 Å². The monoisotopic (exact) mass is 384 g/mol. The van der Waals surface area contributed by atoms with Crippen LogP contribution in [0.2, 0.25) is 0 Å². The molecule has 28 heavy (non-hydrogen) atoms. The molecule has 0 aromatic heterocycles. The minimum atomic E-state index is -0.588. The average molecular weight is 384 g/mol. The van der Waals surface area contributed by atoms with Crippen LogP contribution < -0.4 is 10.1 Å². The molecule has 0 aliphatic carbocycles. The van der Waals surface area contributed by atoms with Crippen molar-refractivity contribution in [2.75, 3.05) is 25.5 Å². The van der Waals surface area contributed by atoms with Gasteiger partial charge in [0.1, 0.15) is 18.0 Å². The van der Waals surface area contributed by atoms with Crippen molar-refractivity contribution in [3.05, 3.63) is 59.7 Å². The van der Waals surface area contributed by atoms with Gasteiger partial charge in [0, 0.05) is 18.3 Å². The van der Waals surface area contributed by atoms with Crippen LogP contribution in [0, 0.1) is 6.92 Å². The third kappa shape index (κ3) is 6.95. The van der Waals surface area contributed by atoms with Crippen LogP contribution in [-0.2, 0) is 4.74 Å². The molecule has 2 aromatic carbocycles. The third-order valence-electron chi connectivity index (χ3n) is 3.82. The predicted octanol–water partition coefficient (Wildman–Crippen LogP) is 4.49. The van der Waals surface area contributed by atoms with Gasteiger partial charge in [0.05, 0.1) is 6.54 Å². The molecule has 0 bridgehead atoms. The molecule has 2 aromatic rings. The van der Waals surface area contributed by atoms with Crippen LogP contribution in [0.25, 0.3) is 0 Å². The number of anilines is 1. The van der Waals surface area contributed by atoms with Gasteiger partial charge in [0.15, 0.2) is 0 Å². The van der Waals surface area contributed by atoms with Gasteiger partial charge >= 0.3 is 6.09 Å². The van der Waals surface area contributed by atoms with E-state index in [1.54, 1.807) is 57.0 Å². The van der Waals surface area contributed by atoms with Crippen molar-refractivity contribution in [3.63, 3.8) is 0 Å². The van der Waals surface area contributed by atoms with Crippen LogP contribution in [0.15, 0.2) is 48.5 Å². The largest absolute Gasteiger partial charge is 0.492 e. The average Bonchev–Trinajstić information content (AvgIpc) is 2.61. The van der Waals surface area contributed by atoms with E-state index in [2.05, 4.69) is 5.32 Å². The van der Waals surface area contributed by atoms with Crippen LogP contribution in [-0.4, -0.2) is 42.7 Å². The molecule has 2 amide bonds. The fraction of sp³-hybridized carbons (Fsp3) is 0.364. The van der Waals surface area contributed by atoms with Crippen molar-refractivity contribution in [2.45, 2.75) is 33.3 Å². The molecule has 6 heteroatoms. The van der Waals surface area contributed by atoms with Crippen LogP contribution in [0.3, 0.4) is 0 Å². The number of nitrogens with one attached hydrogen (secondary N) is 1. The fourth-order valence-corrected chi connectivity index (χ4v) is 2.41. The number of hydrogen-bond donors (Lipinski definition) is 1. The summed E-state index contributed by atoms with van der Waals surface area (Å²) in [6, 6.07) is 14.5. The maximum Gasteiger partial charge on any atom is 0.412 e. The van der Waals surface area contributed by atoms with Crippen molar-refractivity contribution in [1.82, 2.24) is 4.90 Å². The Morgan fingerprint density at radius 2 is 1.75 bits per heavy atom. The third-order valence-corrected chi connectivity index (χ3v) is 3.82. The minimum absolute atomic E-state index is 0.152. The SMILES string of the molecule is Cc1ccc(OCCN(C)C(=O)c2cccc(NC(=O)OC(C)(C)C)c2)cc1. The standard InChI is InChI=1S/C22H28N2O4/c1-16-9-11-19(12-10-16)27-14-13-24(5)20(25)17-7-6-8-18(15-17)23-21(26)28-22(2,3)4/h6-12,15H,13-14H2,1-5H3,(H,23,26). The number of carbonyl (C=O) groups is 2. The highest BCUT2D eigenvalue weighted by molar-refractivity contribution is 5.96. The van der Waals surface area contributed by atoms with Crippen molar-refractivity contribution < 1.29 is 19.1 Å². The number of ether oxygens (including phenoxy) is 2. The quantitative estimate of drug-likeness (QED) is 0.797. The lowest BCUT2D eigenvalue weighted by atomic mass is 10.1. The normalized spacial score (nSPS) is 10.9. The lowest BCUT2D eigenvalue weighted by Crippen LogP contribution is -2.31. The van der Waals surface area contributed by atoms with Crippen molar-refractivity contribution in [2.24, 2.45) is 0 Å². The molecule has 0 saturated heterocycles. The van der Waals surface area contributed by atoms with E-state index < -0.39 is 11.7 Å². The molecule has 1 N–H and O–H groups in total. The number of nitrogens with zero attached hydrogens (tertiary/aromatic N) is 1. The van der Waals surface area contributed by atoms with Crippen molar-refractivity contribution in [3.8, 4) is 5.75 Å². The summed E-state index contributed by atoms with van der Waals surface area (Å²) in [7, 11) is 1.72. The summed E-state index contributed by atoms with van der Waals surface area (Å²) in [5.41, 5.74) is 1.56. The number of carbonyl (C=O) groups excluding carboxylic acids is 2. The summed E-state index contributed by atoms with van der Waals surface area (Å²) in [5.74, 6) is 0.621. The first kappa shape index (κ1) is 21.3. The minimum Gasteiger partial charge on any atom is -0.492 e. The highest BCUT2D eigenvalue weighted by atomic mass is 16.6. The Bertz CT molecular complexity index is 810. The molecule has 0 radical (unpaired) electrons. The molecular formula is C22H28N2O4. The first-order valence-corrected chi connectivity index (χ1v) is 9.19. The second-order valence-electron chi connectivity index (χ2n) is 7.60. The van der Waals surface area contributed by atoms with E-state index in [0.29, 0.717) is 24.4 Å². The Kier molecular flexibility index (Phi) is 7.04. The maximum atomic E-state index is 12.6. The molecule has 6 nitrogen and oxygen atoms in total. The molecule has 0 aliphatic rings. The molecule has 2 rings (SSSR count). The molecule has 0 heterocycles. The Morgan fingerprint density at radius 3 is 2.39 bits per heavy atom. The number of benzene rings is 2. The number of aryl methyl sites for hydroxylation is 1. The molecular weight excluding hydrogens is 356 g/mol. The zero-order valence-electron chi connectivity index (χ0n) is 17.1. The second kappa shape index (κ2) is 9.26. The van der Waals surface area contributed by atoms with Gasteiger partial charge < -0.3 is 14.4 Å². The topological polar surface area (TPSA) is 67.9 Å². The highest BCUT2D eigenvalue weighted by Gasteiger charge is 2.17. The smallest absolute Gasteiger partial charge is 0.412 e. The summed E-state index contributed by atoms with van der Waals surface area (Å²) in [4.78, 5) is 26.1. The van der Waals surface area contributed by atoms with E-state index in [0.717, 1.165) is 5.75 Å². The van der Waals surface area contributed by atoms with Crippen LogP contribution in [0.5, 0.6) is 5.75 Å². The molecule has 0 unspecified atom stereocenters. The van der Waals surface area contributed by atoms with E-state index in [1.807, 2.05) is 31.2 Å². The van der Waals surface area contributed by atoms with Gasteiger partial charge in [-0.1, -0.05) is 23.8 Å². The molecule has 150 valence electrons. The maximum absolute atomic E-state index is 12.6. The van der Waals surface area contributed by atoms with Gasteiger partial charge in [0.25, 0.3) is 5.91 Å². The van der Waals surface area contributed by atoms with E-state index in [9.17, 15) is 9.59 Å². The molecule has 0 fully saturated rings. The van der Waals surface area contributed by atoms with Crippen molar-refractivity contribution >= 4 is 17.7 Å². The Morgan fingerprint density at radius 1 is 1.07 bits per heavy atom.